The van der Waals surface area contributed by atoms with E-state index in [1.54, 1.807) is 29.1 Å². The van der Waals surface area contributed by atoms with Gasteiger partial charge in [-0.2, -0.15) is 5.10 Å². The molecule has 2 aromatic carbocycles. The molecule has 1 aliphatic heterocycles. The molecule has 1 aliphatic rings. The number of benzene rings is 2. The number of carbonyl (C=O) groups is 1. The van der Waals surface area contributed by atoms with Gasteiger partial charge in [0.05, 0.1) is 16.4 Å². The van der Waals surface area contributed by atoms with Crippen LogP contribution in [0.1, 0.15) is 29.6 Å². The summed E-state index contributed by atoms with van der Waals surface area (Å²) in [4.78, 5) is 15.0. The number of piperidine rings is 1. The lowest BCUT2D eigenvalue weighted by Crippen LogP contribution is -2.33. The van der Waals surface area contributed by atoms with Crippen molar-refractivity contribution in [1.29, 1.82) is 0 Å². The Morgan fingerprint density at radius 1 is 1.12 bits per heavy atom. The third kappa shape index (κ3) is 5.59. The number of hydrogen-bond donors (Lipinski definition) is 1. The molecule has 0 bridgehead atoms. The topological polar surface area (TPSA) is 59.4 Å². The van der Waals surface area contributed by atoms with Crippen LogP contribution in [0.3, 0.4) is 0 Å². The van der Waals surface area contributed by atoms with Crippen LogP contribution in [0.4, 0.5) is 14.5 Å². The van der Waals surface area contributed by atoms with Crippen molar-refractivity contribution < 1.29 is 18.3 Å². The first-order valence-corrected chi connectivity index (χ1v) is 11.6. The molecule has 33 heavy (non-hydrogen) atoms. The highest BCUT2D eigenvalue weighted by atomic mass is 79.9. The first kappa shape index (κ1) is 23.4. The largest absolute Gasteiger partial charge is 0.492 e. The summed E-state index contributed by atoms with van der Waals surface area (Å²) in [7, 11) is 1.82. The molecule has 174 valence electrons. The standard InChI is InChI=1S/C24H25BrF2N4O2/c1-30-23(19(25)15-28-30)18-14-17(29-24(32)16-5-7-20(26)21(27)13-16)6-8-22(18)33-12-11-31-9-3-2-4-10-31/h5-8,13-15H,2-4,9-12H2,1H3,(H,29,32). The van der Waals surface area contributed by atoms with E-state index in [4.69, 9.17) is 4.74 Å². The minimum Gasteiger partial charge on any atom is -0.492 e. The number of aryl methyl sites for hydroxylation is 1. The molecule has 0 atom stereocenters. The number of rotatable bonds is 7. The third-order valence-electron chi connectivity index (χ3n) is 5.68. The molecular weight excluding hydrogens is 494 g/mol. The smallest absolute Gasteiger partial charge is 0.255 e. The third-order valence-corrected chi connectivity index (χ3v) is 6.26. The van der Waals surface area contributed by atoms with Gasteiger partial charge in [-0.15, -0.1) is 0 Å². The maximum Gasteiger partial charge on any atom is 0.255 e. The van der Waals surface area contributed by atoms with Crippen LogP contribution in [0.25, 0.3) is 11.3 Å². The number of aromatic nitrogens is 2. The summed E-state index contributed by atoms with van der Waals surface area (Å²) in [5.41, 5.74) is 2.07. The number of amides is 1. The second-order valence-corrected chi connectivity index (χ2v) is 8.86. The van der Waals surface area contributed by atoms with Gasteiger partial charge < -0.3 is 10.1 Å². The van der Waals surface area contributed by atoms with E-state index in [-0.39, 0.29) is 5.56 Å². The Kier molecular flexibility index (Phi) is 7.39. The van der Waals surface area contributed by atoms with Gasteiger partial charge in [-0.3, -0.25) is 14.4 Å². The minimum atomic E-state index is -1.07. The van der Waals surface area contributed by atoms with Gasteiger partial charge >= 0.3 is 0 Å². The molecule has 2 heterocycles. The van der Waals surface area contributed by atoms with Crippen molar-refractivity contribution in [1.82, 2.24) is 14.7 Å². The zero-order chi connectivity index (χ0) is 23.4. The highest BCUT2D eigenvalue weighted by molar-refractivity contribution is 9.10. The lowest BCUT2D eigenvalue weighted by molar-refractivity contribution is 0.102. The molecule has 1 saturated heterocycles. The van der Waals surface area contributed by atoms with Gasteiger partial charge in [0.1, 0.15) is 12.4 Å². The first-order valence-electron chi connectivity index (χ1n) is 10.9. The molecular formula is C24H25BrF2N4O2. The maximum atomic E-state index is 13.5. The van der Waals surface area contributed by atoms with Gasteiger partial charge in [0.15, 0.2) is 11.6 Å². The Bertz CT molecular complexity index is 1130. The molecule has 1 fully saturated rings. The fourth-order valence-electron chi connectivity index (χ4n) is 3.94. The summed E-state index contributed by atoms with van der Waals surface area (Å²) < 4.78 is 35.4. The SMILES string of the molecule is Cn1ncc(Br)c1-c1cc(NC(=O)c2ccc(F)c(F)c2)ccc1OCCN1CCCCC1. The number of carbonyl (C=O) groups excluding carboxylic acids is 1. The van der Waals surface area contributed by atoms with Gasteiger partial charge in [-0.1, -0.05) is 6.42 Å². The van der Waals surface area contributed by atoms with Crippen molar-refractivity contribution in [3.05, 3.63) is 64.3 Å². The average molecular weight is 519 g/mol. The van der Waals surface area contributed by atoms with E-state index >= 15 is 0 Å². The zero-order valence-electron chi connectivity index (χ0n) is 18.3. The van der Waals surface area contributed by atoms with Crippen LogP contribution < -0.4 is 10.1 Å². The van der Waals surface area contributed by atoms with Crippen molar-refractivity contribution in [2.75, 3.05) is 31.6 Å². The summed E-state index contributed by atoms with van der Waals surface area (Å²) in [6.45, 7) is 3.58. The summed E-state index contributed by atoms with van der Waals surface area (Å²) in [5, 5.41) is 7.03. The highest BCUT2D eigenvalue weighted by Crippen LogP contribution is 2.37. The predicted molar refractivity (Wildman–Crippen MR) is 126 cm³/mol. The number of halogens is 3. The molecule has 0 saturated carbocycles. The van der Waals surface area contributed by atoms with Crippen LogP contribution in [-0.4, -0.2) is 46.8 Å². The molecule has 1 amide bonds. The summed E-state index contributed by atoms with van der Waals surface area (Å²) in [6.07, 6.45) is 5.42. The molecule has 4 rings (SSSR count). The number of nitrogens with zero attached hydrogens (tertiary/aromatic N) is 3. The molecule has 1 N–H and O–H groups in total. The van der Waals surface area contributed by atoms with E-state index in [2.05, 4.69) is 31.2 Å². The van der Waals surface area contributed by atoms with E-state index in [1.807, 2.05) is 7.05 Å². The van der Waals surface area contributed by atoms with Crippen molar-refractivity contribution in [3.63, 3.8) is 0 Å². The maximum absolute atomic E-state index is 13.5. The molecule has 0 radical (unpaired) electrons. The van der Waals surface area contributed by atoms with Gasteiger partial charge in [0.25, 0.3) is 5.91 Å². The minimum absolute atomic E-state index is 0.0269. The fraction of sp³-hybridized carbons (Fsp3) is 0.333. The number of hydrogen-bond acceptors (Lipinski definition) is 4. The van der Waals surface area contributed by atoms with E-state index < -0.39 is 17.5 Å². The second-order valence-electron chi connectivity index (χ2n) is 8.01. The van der Waals surface area contributed by atoms with E-state index in [0.717, 1.165) is 47.5 Å². The van der Waals surface area contributed by atoms with Crippen LogP contribution in [-0.2, 0) is 7.05 Å². The summed E-state index contributed by atoms with van der Waals surface area (Å²) in [5.74, 6) is -1.94. The summed E-state index contributed by atoms with van der Waals surface area (Å²) in [6, 6.07) is 8.36. The monoisotopic (exact) mass is 518 g/mol. The molecule has 0 aliphatic carbocycles. The number of nitrogens with one attached hydrogen (secondary N) is 1. The van der Waals surface area contributed by atoms with Crippen molar-refractivity contribution in [2.45, 2.75) is 19.3 Å². The van der Waals surface area contributed by atoms with Crippen molar-refractivity contribution in [2.24, 2.45) is 7.05 Å². The predicted octanol–water partition coefficient (Wildman–Crippen LogP) is 5.24. The lowest BCUT2D eigenvalue weighted by Gasteiger charge is -2.26. The van der Waals surface area contributed by atoms with E-state index in [1.165, 1.54) is 25.3 Å². The van der Waals surface area contributed by atoms with E-state index in [9.17, 15) is 13.6 Å². The molecule has 3 aromatic rings. The van der Waals surface area contributed by atoms with Crippen LogP contribution >= 0.6 is 15.9 Å². The van der Waals surface area contributed by atoms with Crippen LogP contribution in [0, 0.1) is 11.6 Å². The normalized spacial score (nSPS) is 14.3. The number of ether oxygens (including phenoxy) is 1. The molecule has 6 nitrogen and oxygen atoms in total. The van der Waals surface area contributed by atoms with Crippen LogP contribution in [0.5, 0.6) is 5.75 Å². The van der Waals surface area contributed by atoms with Crippen LogP contribution in [0.15, 0.2) is 47.1 Å². The highest BCUT2D eigenvalue weighted by Gasteiger charge is 2.18. The van der Waals surface area contributed by atoms with Gasteiger partial charge in [0.2, 0.25) is 0 Å². The molecule has 1 aromatic heterocycles. The Hall–Kier alpha value is -2.78. The molecule has 0 unspecified atom stereocenters. The van der Waals surface area contributed by atoms with Crippen molar-refractivity contribution >= 4 is 27.5 Å². The zero-order valence-corrected chi connectivity index (χ0v) is 19.9. The van der Waals surface area contributed by atoms with Gasteiger partial charge in [-0.25, -0.2) is 8.78 Å². The molecule has 9 heteroatoms. The first-order chi connectivity index (χ1) is 15.9. The Balaban J connectivity index is 1.55. The average Bonchev–Trinajstić information content (AvgIpc) is 3.15. The van der Waals surface area contributed by atoms with Crippen LogP contribution in [0.2, 0.25) is 0 Å². The number of likely N-dealkylation sites (tertiary alicyclic amines) is 1. The Morgan fingerprint density at radius 2 is 1.91 bits per heavy atom. The van der Waals surface area contributed by atoms with E-state index in [0.29, 0.717) is 18.0 Å². The number of anilines is 1. The van der Waals surface area contributed by atoms with Gasteiger partial charge in [0, 0.05) is 30.4 Å². The van der Waals surface area contributed by atoms with Gasteiger partial charge in [-0.05, 0) is 78.3 Å². The van der Waals surface area contributed by atoms with Crippen molar-refractivity contribution in [3.8, 4) is 17.0 Å². The second kappa shape index (κ2) is 10.4. The Morgan fingerprint density at radius 3 is 2.61 bits per heavy atom. The fourth-order valence-corrected chi connectivity index (χ4v) is 4.50. The lowest BCUT2D eigenvalue weighted by atomic mass is 10.1. The quantitative estimate of drug-likeness (QED) is 0.464. The molecule has 0 spiro atoms. The summed E-state index contributed by atoms with van der Waals surface area (Å²) >= 11 is 3.53. The Labute approximate surface area is 199 Å².